The van der Waals surface area contributed by atoms with Crippen LogP contribution in [0, 0.1) is 13.8 Å². The zero-order chi connectivity index (χ0) is 17.0. The average Bonchev–Trinajstić information content (AvgIpc) is 2.37. The van der Waals surface area contributed by atoms with Crippen LogP contribution in [0.3, 0.4) is 0 Å². The molecule has 0 aliphatic carbocycles. The summed E-state index contributed by atoms with van der Waals surface area (Å²) in [4.78, 5) is -0.278. The van der Waals surface area contributed by atoms with Crippen molar-refractivity contribution in [3.63, 3.8) is 0 Å². The van der Waals surface area contributed by atoms with E-state index in [0.717, 1.165) is 0 Å². The Morgan fingerprint density at radius 2 is 0.913 bits per heavy atom. The largest absolute Gasteiger partial charge is 2.00 e. The Balaban J connectivity index is 0.000000403. The first-order valence-corrected chi connectivity index (χ1v) is 8.88. The summed E-state index contributed by atoms with van der Waals surface area (Å²) in [5.74, 6) is 0. The van der Waals surface area contributed by atoms with Crippen LogP contribution in [0.2, 0.25) is 0 Å². The third-order valence-corrected chi connectivity index (χ3v) is 4.72. The van der Waals surface area contributed by atoms with Gasteiger partial charge in [-0.3, -0.25) is 0 Å². The maximum absolute atomic E-state index is 10.5. The Morgan fingerprint density at radius 3 is 1.09 bits per heavy atom. The van der Waals surface area contributed by atoms with E-state index in [9.17, 15) is 25.9 Å². The third-order valence-electron chi connectivity index (χ3n) is 2.73. The zero-order valence-electron chi connectivity index (χ0n) is 12.3. The molecule has 0 unspecified atom stereocenters. The van der Waals surface area contributed by atoms with Gasteiger partial charge < -0.3 is 9.11 Å². The second-order valence-electron chi connectivity index (χ2n) is 4.44. The van der Waals surface area contributed by atoms with Crippen molar-refractivity contribution >= 4 is 20.2 Å². The minimum absolute atomic E-state index is 0. The van der Waals surface area contributed by atoms with Gasteiger partial charge in [-0.05, 0) is 37.1 Å². The summed E-state index contributed by atoms with van der Waals surface area (Å²) in [6, 6.07) is 12.2. The first-order chi connectivity index (χ1) is 10.0. The number of hydrogen-bond donors (Lipinski definition) is 0. The summed E-state index contributed by atoms with van der Waals surface area (Å²) in [7, 11) is -8.57. The summed E-state index contributed by atoms with van der Waals surface area (Å²) in [6.07, 6.45) is 0. The Kier molecular flexibility index (Phi) is 8.13. The Bertz CT molecular complexity index is 787. The second-order valence-corrected chi connectivity index (χ2v) is 7.14. The Hall–Kier alpha value is -1.22. The van der Waals surface area contributed by atoms with Gasteiger partial charge >= 0.3 is 17.1 Å². The van der Waals surface area contributed by atoms with Gasteiger partial charge in [-0.1, -0.05) is 36.4 Å². The summed E-state index contributed by atoms with van der Waals surface area (Å²) in [6.45, 7) is 3.18. The first kappa shape index (κ1) is 21.8. The molecule has 0 bridgehead atoms. The van der Waals surface area contributed by atoms with Crippen LogP contribution in [0.4, 0.5) is 0 Å². The van der Waals surface area contributed by atoms with E-state index >= 15 is 0 Å². The summed E-state index contributed by atoms with van der Waals surface area (Å²) < 4.78 is 63.0. The van der Waals surface area contributed by atoms with Gasteiger partial charge in [-0.25, -0.2) is 16.8 Å². The number of rotatable bonds is 2. The van der Waals surface area contributed by atoms with Gasteiger partial charge in [0.25, 0.3) is 0 Å². The normalized spacial score (nSPS) is 11.0. The molecule has 0 N–H and O–H groups in total. The molecule has 0 aromatic heterocycles. The molecule has 0 heterocycles. The molecule has 0 amide bonds. The SMILES string of the molecule is Cc1ccccc1S(=O)(=O)[O-].Cc1ccccc1S(=O)(=O)[O-].[Mn+2]. The van der Waals surface area contributed by atoms with E-state index in [1.807, 2.05) is 0 Å². The molecule has 0 aliphatic heterocycles. The molecule has 0 aliphatic rings. The number of hydrogen-bond acceptors (Lipinski definition) is 6. The van der Waals surface area contributed by atoms with Crippen LogP contribution in [0.15, 0.2) is 58.3 Å². The number of aryl methyl sites for hydroxylation is 2. The van der Waals surface area contributed by atoms with Crippen molar-refractivity contribution in [2.24, 2.45) is 0 Å². The average molecular weight is 397 g/mol. The van der Waals surface area contributed by atoms with E-state index in [0.29, 0.717) is 11.1 Å². The zero-order valence-corrected chi connectivity index (χ0v) is 15.1. The van der Waals surface area contributed by atoms with Crippen LogP contribution in [0.5, 0.6) is 0 Å². The predicted octanol–water partition coefficient (Wildman–Crippen LogP) is 1.80. The van der Waals surface area contributed by atoms with Crippen molar-refractivity contribution in [1.29, 1.82) is 0 Å². The molecule has 6 nitrogen and oxygen atoms in total. The Labute approximate surface area is 146 Å². The van der Waals surface area contributed by atoms with Gasteiger partial charge in [0.15, 0.2) is 0 Å². The van der Waals surface area contributed by atoms with Crippen molar-refractivity contribution in [1.82, 2.24) is 0 Å². The quantitative estimate of drug-likeness (QED) is 0.564. The predicted molar refractivity (Wildman–Crippen MR) is 78.3 cm³/mol. The smallest absolute Gasteiger partial charge is 0.744 e. The maximum Gasteiger partial charge on any atom is 2.00 e. The molecule has 2 aromatic rings. The molecule has 0 saturated carbocycles. The van der Waals surface area contributed by atoms with Crippen molar-refractivity contribution in [2.75, 3.05) is 0 Å². The van der Waals surface area contributed by atoms with E-state index in [-0.39, 0.29) is 26.9 Å². The molecule has 9 heteroatoms. The van der Waals surface area contributed by atoms with Gasteiger partial charge in [0.1, 0.15) is 20.2 Å². The fraction of sp³-hybridized carbons (Fsp3) is 0.143. The van der Waals surface area contributed by atoms with Crippen molar-refractivity contribution in [3.8, 4) is 0 Å². The summed E-state index contributed by atoms with van der Waals surface area (Å²) in [5.41, 5.74) is 0.977. The topological polar surface area (TPSA) is 114 Å². The monoisotopic (exact) mass is 397 g/mol. The molecule has 23 heavy (non-hydrogen) atoms. The minimum atomic E-state index is -4.28. The fourth-order valence-electron chi connectivity index (χ4n) is 1.67. The molecular formula is C14H14MnO6S2. The van der Waals surface area contributed by atoms with Crippen molar-refractivity contribution in [2.45, 2.75) is 23.6 Å². The molecule has 1 radical (unpaired) electrons. The van der Waals surface area contributed by atoms with Gasteiger partial charge in [0.05, 0.1) is 9.79 Å². The maximum atomic E-state index is 10.5. The van der Waals surface area contributed by atoms with Gasteiger partial charge in [0, 0.05) is 0 Å². The summed E-state index contributed by atoms with van der Waals surface area (Å²) >= 11 is 0. The van der Waals surface area contributed by atoms with Gasteiger partial charge in [-0.15, -0.1) is 0 Å². The van der Waals surface area contributed by atoms with Crippen LogP contribution >= 0.6 is 0 Å². The Morgan fingerprint density at radius 1 is 0.652 bits per heavy atom. The van der Waals surface area contributed by atoms with Crippen LogP contribution in [-0.4, -0.2) is 25.9 Å². The van der Waals surface area contributed by atoms with Crippen LogP contribution in [0.25, 0.3) is 0 Å². The molecule has 2 rings (SSSR count). The molecule has 0 spiro atoms. The minimum Gasteiger partial charge on any atom is -0.744 e. The number of benzene rings is 2. The van der Waals surface area contributed by atoms with Gasteiger partial charge in [-0.2, -0.15) is 0 Å². The second kappa shape index (κ2) is 8.58. The third kappa shape index (κ3) is 6.82. The van der Waals surface area contributed by atoms with Crippen LogP contribution < -0.4 is 0 Å². The van der Waals surface area contributed by atoms with Gasteiger partial charge in [0.2, 0.25) is 0 Å². The van der Waals surface area contributed by atoms with Crippen LogP contribution in [-0.2, 0) is 37.3 Å². The van der Waals surface area contributed by atoms with E-state index in [4.69, 9.17) is 0 Å². The van der Waals surface area contributed by atoms with Crippen LogP contribution in [0.1, 0.15) is 11.1 Å². The van der Waals surface area contributed by atoms with E-state index in [1.165, 1.54) is 24.3 Å². The van der Waals surface area contributed by atoms with E-state index in [2.05, 4.69) is 0 Å². The fourth-order valence-corrected chi connectivity index (χ4v) is 3.09. The molecule has 0 saturated heterocycles. The van der Waals surface area contributed by atoms with Crippen molar-refractivity contribution < 1.29 is 43.0 Å². The molecule has 0 atom stereocenters. The first-order valence-electron chi connectivity index (χ1n) is 6.06. The van der Waals surface area contributed by atoms with E-state index < -0.39 is 20.2 Å². The molecule has 0 fully saturated rings. The molecule has 125 valence electrons. The van der Waals surface area contributed by atoms with Crippen molar-refractivity contribution in [3.05, 3.63) is 59.7 Å². The van der Waals surface area contributed by atoms with E-state index in [1.54, 1.807) is 38.1 Å². The summed E-state index contributed by atoms with van der Waals surface area (Å²) in [5, 5.41) is 0. The molecule has 2 aromatic carbocycles. The molecular weight excluding hydrogens is 383 g/mol. The standard InChI is InChI=1S/2C7H8O3S.Mn/c2*1-6-4-2-3-5-7(6)11(8,9)10;/h2*2-5H,1H3,(H,8,9,10);/q;;+2/p-2.